The Balaban J connectivity index is 1.78. The molecule has 0 bridgehead atoms. The zero-order valence-corrected chi connectivity index (χ0v) is 13.0. The van der Waals surface area contributed by atoms with Crippen LogP contribution in [0.15, 0.2) is 23.8 Å². The summed E-state index contributed by atoms with van der Waals surface area (Å²) in [4.78, 5) is 13.8. The minimum atomic E-state index is -4.27. The summed E-state index contributed by atoms with van der Waals surface area (Å²) in [6.45, 7) is 0.105. The number of ether oxygens (including phenoxy) is 1. The lowest BCUT2D eigenvalue weighted by molar-refractivity contribution is -0.187. The average Bonchev–Trinajstić information content (AvgIpc) is 2.52. The van der Waals surface area contributed by atoms with E-state index in [1.54, 1.807) is 24.3 Å². The van der Waals surface area contributed by atoms with Crippen molar-refractivity contribution in [3.63, 3.8) is 0 Å². The first kappa shape index (κ1) is 16.2. The van der Waals surface area contributed by atoms with Crippen LogP contribution in [0, 0.1) is 5.92 Å². The Morgan fingerprint density at radius 1 is 1.35 bits per heavy atom. The SMILES string of the molecule is O=C(C1=Cc2cc(Cl)ccc2OC1)N1CCC[C@@H](C(F)(F)F)C1. The number of halogens is 4. The summed E-state index contributed by atoms with van der Waals surface area (Å²) in [5.74, 6) is -1.24. The lowest BCUT2D eigenvalue weighted by Crippen LogP contribution is -2.45. The molecule has 2 aliphatic rings. The van der Waals surface area contributed by atoms with Gasteiger partial charge in [-0.15, -0.1) is 0 Å². The molecule has 1 aromatic rings. The molecule has 1 aromatic carbocycles. The molecule has 1 amide bonds. The van der Waals surface area contributed by atoms with Gasteiger partial charge < -0.3 is 9.64 Å². The monoisotopic (exact) mass is 345 g/mol. The van der Waals surface area contributed by atoms with Crippen molar-refractivity contribution in [2.45, 2.75) is 19.0 Å². The number of rotatable bonds is 1. The molecule has 1 fully saturated rings. The van der Waals surface area contributed by atoms with Gasteiger partial charge in [0.05, 0.1) is 11.5 Å². The maximum Gasteiger partial charge on any atom is 0.393 e. The highest BCUT2D eigenvalue weighted by molar-refractivity contribution is 6.30. The van der Waals surface area contributed by atoms with Gasteiger partial charge >= 0.3 is 6.18 Å². The van der Waals surface area contributed by atoms with E-state index < -0.39 is 18.0 Å². The van der Waals surface area contributed by atoms with E-state index in [1.165, 1.54) is 4.90 Å². The molecule has 1 atom stereocenters. The Kier molecular flexibility index (Phi) is 4.27. The molecular weight excluding hydrogens is 331 g/mol. The van der Waals surface area contributed by atoms with E-state index in [-0.39, 0.29) is 19.6 Å². The van der Waals surface area contributed by atoms with Gasteiger partial charge in [-0.1, -0.05) is 11.6 Å². The van der Waals surface area contributed by atoms with Crippen LogP contribution in [0.25, 0.3) is 6.08 Å². The fourth-order valence-electron chi connectivity index (χ4n) is 2.90. The van der Waals surface area contributed by atoms with Crippen molar-refractivity contribution < 1.29 is 22.7 Å². The van der Waals surface area contributed by atoms with Gasteiger partial charge in [0.15, 0.2) is 0 Å². The van der Waals surface area contributed by atoms with E-state index in [9.17, 15) is 18.0 Å². The van der Waals surface area contributed by atoms with Crippen LogP contribution in [0.1, 0.15) is 18.4 Å². The topological polar surface area (TPSA) is 29.5 Å². The normalized spacial score (nSPS) is 21.3. The highest BCUT2D eigenvalue weighted by Gasteiger charge is 2.43. The maximum absolute atomic E-state index is 12.9. The number of carbonyl (C=O) groups is 1. The van der Waals surface area contributed by atoms with Crippen molar-refractivity contribution in [3.8, 4) is 5.75 Å². The number of carbonyl (C=O) groups excluding carboxylic acids is 1. The molecule has 2 heterocycles. The number of alkyl halides is 3. The van der Waals surface area contributed by atoms with Crippen LogP contribution in [0.2, 0.25) is 5.02 Å². The first-order valence-electron chi connectivity index (χ1n) is 7.33. The van der Waals surface area contributed by atoms with Gasteiger partial charge in [0, 0.05) is 23.7 Å². The smallest absolute Gasteiger partial charge is 0.393 e. The molecule has 0 aliphatic carbocycles. The van der Waals surface area contributed by atoms with Gasteiger partial charge in [-0.25, -0.2) is 0 Å². The lowest BCUT2D eigenvalue weighted by atomic mass is 9.96. The molecule has 124 valence electrons. The summed E-state index contributed by atoms with van der Waals surface area (Å²) >= 11 is 5.92. The number of fused-ring (bicyclic) bond motifs is 1. The number of benzene rings is 1. The van der Waals surface area contributed by atoms with Crippen molar-refractivity contribution in [2.24, 2.45) is 5.92 Å². The number of hydrogen-bond acceptors (Lipinski definition) is 2. The van der Waals surface area contributed by atoms with E-state index in [2.05, 4.69) is 0 Å². The Bertz CT molecular complexity index is 657. The van der Waals surface area contributed by atoms with Crippen LogP contribution in [-0.4, -0.2) is 36.7 Å². The second-order valence-corrected chi connectivity index (χ2v) is 6.21. The minimum Gasteiger partial charge on any atom is -0.488 e. The summed E-state index contributed by atoms with van der Waals surface area (Å²) in [7, 11) is 0. The van der Waals surface area contributed by atoms with Crippen LogP contribution < -0.4 is 4.74 Å². The Morgan fingerprint density at radius 3 is 2.87 bits per heavy atom. The fourth-order valence-corrected chi connectivity index (χ4v) is 3.08. The zero-order chi connectivity index (χ0) is 16.6. The van der Waals surface area contributed by atoms with Gasteiger partial charge in [0.25, 0.3) is 5.91 Å². The Labute approximate surface area is 136 Å². The molecule has 3 nitrogen and oxygen atoms in total. The zero-order valence-electron chi connectivity index (χ0n) is 12.2. The summed E-state index contributed by atoms with van der Waals surface area (Å²) < 4.78 is 44.1. The van der Waals surface area contributed by atoms with Crippen LogP contribution in [-0.2, 0) is 4.79 Å². The quantitative estimate of drug-likeness (QED) is 0.772. The van der Waals surface area contributed by atoms with E-state index in [0.29, 0.717) is 34.9 Å². The summed E-state index contributed by atoms with van der Waals surface area (Å²) in [6.07, 6.45) is -2.20. The van der Waals surface area contributed by atoms with Gasteiger partial charge in [-0.3, -0.25) is 4.79 Å². The fraction of sp³-hybridized carbons (Fsp3) is 0.438. The van der Waals surface area contributed by atoms with E-state index in [1.807, 2.05) is 0 Å². The largest absolute Gasteiger partial charge is 0.488 e. The van der Waals surface area contributed by atoms with Gasteiger partial charge in [-0.05, 0) is 37.1 Å². The third-order valence-electron chi connectivity index (χ3n) is 4.13. The van der Waals surface area contributed by atoms with E-state index in [0.717, 1.165) is 0 Å². The van der Waals surface area contributed by atoms with Crippen molar-refractivity contribution in [1.82, 2.24) is 4.90 Å². The molecule has 0 unspecified atom stereocenters. The second kappa shape index (κ2) is 6.07. The first-order valence-corrected chi connectivity index (χ1v) is 7.71. The molecule has 3 rings (SSSR count). The second-order valence-electron chi connectivity index (χ2n) is 5.77. The molecule has 1 saturated heterocycles. The predicted molar refractivity (Wildman–Crippen MR) is 80.3 cm³/mol. The summed E-state index contributed by atoms with van der Waals surface area (Å²) in [6, 6.07) is 5.05. The highest BCUT2D eigenvalue weighted by atomic mass is 35.5. The Hall–Kier alpha value is -1.69. The molecule has 2 aliphatic heterocycles. The van der Waals surface area contributed by atoms with Crippen LogP contribution >= 0.6 is 11.6 Å². The van der Waals surface area contributed by atoms with Crippen LogP contribution in [0.5, 0.6) is 5.75 Å². The lowest BCUT2D eigenvalue weighted by Gasteiger charge is -2.34. The number of amides is 1. The third kappa shape index (κ3) is 3.47. The molecular formula is C16H15ClF3NO2. The number of piperidine rings is 1. The van der Waals surface area contributed by atoms with Gasteiger partial charge in [0.2, 0.25) is 0 Å². The molecule has 0 N–H and O–H groups in total. The van der Waals surface area contributed by atoms with Gasteiger partial charge in [0.1, 0.15) is 12.4 Å². The van der Waals surface area contributed by atoms with E-state index >= 15 is 0 Å². The van der Waals surface area contributed by atoms with E-state index in [4.69, 9.17) is 16.3 Å². The van der Waals surface area contributed by atoms with Crippen molar-refractivity contribution in [3.05, 3.63) is 34.4 Å². The Morgan fingerprint density at radius 2 is 2.13 bits per heavy atom. The molecule has 0 spiro atoms. The summed E-state index contributed by atoms with van der Waals surface area (Å²) in [5.41, 5.74) is 1.01. The molecule has 23 heavy (non-hydrogen) atoms. The van der Waals surface area contributed by atoms with Crippen molar-refractivity contribution >= 4 is 23.6 Å². The predicted octanol–water partition coefficient (Wildman–Crippen LogP) is 3.92. The van der Waals surface area contributed by atoms with Crippen molar-refractivity contribution in [2.75, 3.05) is 19.7 Å². The molecule has 0 aromatic heterocycles. The number of hydrogen-bond donors (Lipinski definition) is 0. The standard InChI is InChI=1S/C16H15ClF3NO2/c17-13-3-4-14-10(7-13)6-11(9-23-14)15(22)21-5-1-2-12(8-21)16(18,19)20/h3-4,6-7,12H,1-2,5,8-9H2/t12-/m1/s1. The number of likely N-dealkylation sites (tertiary alicyclic amines) is 1. The minimum absolute atomic E-state index is 0.0562. The average molecular weight is 346 g/mol. The van der Waals surface area contributed by atoms with Gasteiger partial charge in [-0.2, -0.15) is 13.2 Å². The summed E-state index contributed by atoms with van der Waals surface area (Å²) in [5, 5.41) is 0.507. The first-order chi connectivity index (χ1) is 10.8. The third-order valence-corrected chi connectivity index (χ3v) is 4.37. The van der Waals surface area contributed by atoms with Crippen molar-refractivity contribution in [1.29, 1.82) is 0 Å². The highest BCUT2D eigenvalue weighted by Crippen LogP contribution is 2.34. The molecule has 0 radical (unpaired) electrons. The number of nitrogens with zero attached hydrogens (tertiary/aromatic N) is 1. The molecule has 0 saturated carbocycles. The maximum atomic E-state index is 12.9. The van der Waals surface area contributed by atoms with Crippen LogP contribution in [0.3, 0.4) is 0 Å². The van der Waals surface area contributed by atoms with Crippen LogP contribution in [0.4, 0.5) is 13.2 Å². The molecule has 7 heteroatoms.